The van der Waals surface area contributed by atoms with Crippen molar-refractivity contribution in [1.82, 2.24) is 9.78 Å². The van der Waals surface area contributed by atoms with Gasteiger partial charge in [-0.25, -0.2) is 8.42 Å². The third kappa shape index (κ3) is 2.14. The van der Waals surface area contributed by atoms with Gasteiger partial charge in [-0.05, 0) is 11.5 Å². The van der Waals surface area contributed by atoms with Crippen molar-refractivity contribution in [1.29, 1.82) is 0 Å². The number of anilines is 1. The van der Waals surface area contributed by atoms with E-state index in [0.29, 0.717) is 11.2 Å². The Bertz CT molecular complexity index is 864. The maximum absolute atomic E-state index is 12.5. The Morgan fingerprint density at radius 2 is 1.80 bits per heavy atom. The third-order valence-electron chi connectivity index (χ3n) is 3.10. The number of hydrogen-bond acceptors (Lipinski definition) is 3. The highest BCUT2D eigenvalue weighted by Gasteiger charge is 2.18. The van der Waals surface area contributed by atoms with E-state index in [1.807, 2.05) is 24.3 Å². The lowest BCUT2D eigenvalue weighted by molar-refractivity contribution is 0.601. The SMILES string of the molecule is Cn1nccc1NS(=O)(=O)c1cccc2ccccc12. The van der Waals surface area contributed by atoms with Crippen LogP contribution in [0.25, 0.3) is 10.8 Å². The lowest BCUT2D eigenvalue weighted by Gasteiger charge is -2.10. The molecule has 0 fully saturated rings. The first-order valence-electron chi connectivity index (χ1n) is 6.06. The number of nitrogens with zero attached hydrogens (tertiary/aromatic N) is 2. The van der Waals surface area contributed by atoms with Crippen molar-refractivity contribution < 1.29 is 8.42 Å². The van der Waals surface area contributed by atoms with Crippen LogP contribution in [0.15, 0.2) is 59.6 Å². The number of sulfonamides is 1. The molecule has 1 N–H and O–H groups in total. The van der Waals surface area contributed by atoms with Crippen LogP contribution in [0.1, 0.15) is 0 Å². The van der Waals surface area contributed by atoms with Crippen molar-refractivity contribution in [2.24, 2.45) is 7.05 Å². The summed E-state index contributed by atoms with van der Waals surface area (Å²) in [7, 11) is -1.96. The minimum absolute atomic E-state index is 0.261. The summed E-state index contributed by atoms with van der Waals surface area (Å²) in [6.07, 6.45) is 1.54. The van der Waals surface area contributed by atoms with Gasteiger partial charge in [0.25, 0.3) is 10.0 Å². The number of aryl methyl sites for hydroxylation is 1. The number of rotatable bonds is 3. The van der Waals surface area contributed by atoms with Crippen molar-refractivity contribution in [3.63, 3.8) is 0 Å². The van der Waals surface area contributed by atoms with Crippen LogP contribution in [0.5, 0.6) is 0 Å². The van der Waals surface area contributed by atoms with E-state index in [4.69, 9.17) is 0 Å². The normalized spacial score (nSPS) is 11.7. The lowest BCUT2D eigenvalue weighted by atomic mass is 10.1. The Morgan fingerprint density at radius 3 is 2.55 bits per heavy atom. The van der Waals surface area contributed by atoms with Gasteiger partial charge in [0.1, 0.15) is 5.82 Å². The van der Waals surface area contributed by atoms with Gasteiger partial charge in [0.05, 0.1) is 11.1 Å². The largest absolute Gasteiger partial charge is 0.264 e. The zero-order chi connectivity index (χ0) is 14.2. The number of fused-ring (bicyclic) bond motifs is 1. The molecule has 0 amide bonds. The van der Waals surface area contributed by atoms with Crippen molar-refractivity contribution in [2.75, 3.05) is 4.72 Å². The molecule has 0 aliphatic carbocycles. The Kier molecular flexibility index (Phi) is 2.94. The van der Waals surface area contributed by atoms with Crippen LogP contribution in [-0.2, 0) is 17.1 Å². The second-order valence-corrected chi connectivity index (χ2v) is 6.07. The molecule has 0 radical (unpaired) electrons. The van der Waals surface area contributed by atoms with Crippen LogP contribution < -0.4 is 4.72 Å². The Balaban J connectivity index is 2.12. The van der Waals surface area contributed by atoms with E-state index in [1.54, 1.807) is 37.5 Å². The zero-order valence-corrected chi connectivity index (χ0v) is 11.6. The average Bonchev–Trinajstić information content (AvgIpc) is 2.83. The fraction of sp³-hybridized carbons (Fsp3) is 0.0714. The summed E-state index contributed by atoms with van der Waals surface area (Å²) in [5, 5.41) is 5.53. The van der Waals surface area contributed by atoms with Gasteiger partial charge in [-0.15, -0.1) is 0 Å². The molecule has 0 spiro atoms. The van der Waals surface area contributed by atoms with Crippen molar-refractivity contribution >= 4 is 26.6 Å². The Hall–Kier alpha value is -2.34. The van der Waals surface area contributed by atoms with Crippen molar-refractivity contribution in [3.8, 4) is 0 Å². The highest BCUT2D eigenvalue weighted by molar-refractivity contribution is 7.93. The molecule has 0 saturated carbocycles. The van der Waals surface area contributed by atoms with Gasteiger partial charge >= 0.3 is 0 Å². The quantitative estimate of drug-likeness (QED) is 0.804. The first-order chi connectivity index (χ1) is 9.58. The third-order valence-corrected chi connectivity index (χ3v) is 4.51. The summed E-state index contributed by atoms with van der Waals surface area (Å²) in [5.41, 5.74) is 0. The monoisotopic (exact) mass is 287 g/mol. The van der Waals surface area contributed by atoms with Crippen LogP contribution in [-0.4, -0.2) is 18.2 Å². The molecular weight excluding hydrogens is 274 g/mol. The molecule has 6 heteroatoms. The van der Waals surface area contributed by atoms with Crippen LogP contribution in [0, 0.1) is 0 Å². The number of benzene rings is 2. The molecule has 1 heterocycles. The molecule has 0 aliphatic heterocycles. The summed E-state index contributed by atoms with van der Waals surface area (Å²) < 4.78 is 29.0. The highest BCUT2D eigenvalue weighted by atomic mass is 32.2. The summed E-state index contributed by atoms with van der Waals surface area (Å²) >= 11 is 0. The Morgan fingerprint density at radius 1 is 1.05 bits per heavy atom. The number of hydrogen-bond donors (Lipinski definition) is 1. The molecule has 0 bridgehead atoms. The van der Waals surface area contributed by atoms with E-state index in [2.05, 4.69) is 9.82 Å². The van der Waals surface area contributed by atoms with E-state index in [9.17, 15) is 8.42 Å². The molecule has 20 heavy (non-hydrogen) atoms. The minimum atomic E-state index is -3.64. The maximum Gasteiger partial charge on any atom is 0.263 e. The first-order valence-corrected chi connectivity index (χ1v) is 7.55. The molecule has 0 atom stereocenters. The van der Waals surface area contributed by atoms with Gasteiger partial charge in [-0.2, -0.15) is 5.10 Å². The van der Waals surface area contributed by atoms with Gasteiger partial charge in [0, 0.05) is 18.5 Å². The standard InChI is InChI=1S/C14H13N3O2S/c1-17-14(9-10-15-17)16-20(18,19)13-8-4-6-11-5-2-3-7-12(11)13/h2-10,16H,1H3. The summed E-state index contributed by atoms with van der Waals surface area (Å²) in [6.45, 7) is 0. The second-order valence-electron chi connectivity index (χ2n) is 4.42. The second kappa shape index (κ2) is 4.64. The zero-order valence-electron chi connectivity index (χ0n) is 10.8. The topological polar surface area (TPSA) is 64.0 Å². The van der Waals surface area contributed by atoms with E-state index < -0.39 is 10.0 Å². The molecular formula is C14H13N3O2S. The van der Waals surface area contributed by atoms with Crippen molar-refractivity contribution in [3.05, 3.63) is 54.7 Å². The molecule has 102 valence electrons. The molecule has 0 aliphatic rings. The van der Waals surface area contributed by atoms with Gasteiger partial charge in [-0.1, -0.05) is 36.4 Å². The van der Waals surface area contributed by atoms with Gasteiger partial charge < -0.3 is 0 Å². The molecule has 0 unspecified atom stereocenters. The number of nitrogens with one attached hydrogen (secondary N) is 1. The molecule has 5 nitrogen and oxygen atoms in total. The van der Waals surface area contributed by atoms with E-state index in [1.165, 1.54) is 4.68 Å². The number of aromatic nitrogens is 2. The summed E-state index contributed by atoms with van der Waals surface area (Å²) in [6, 6.07) is 14.2. The smallest absolute Gasteiger partial charge is 0.263 e. The first kappa shape index (κ1) is 12.7. The average molecular weight is 287 g/mol. The predicted molar refractivity (Wildman–Crippen MR) is 78.0 cm³/mol. The van der Waals surface area contributed by atoms with E-state index >= 15 is 0 Å². The van der Waals surface area contributed by atoms with Crippen LogP contribution in [0.2, 0.25) is 0 Å². The summed E-state index contributed by atoms with van der Waals surface area (Å²) in [5.74, 6) is 0.429. The minimum Gasteiger partial charge on any atom is -0.264 e. The fourth-order valence-corrected chi connectivity index (χ4v) is 3.42. The molecule has 3 aromatic rings. The fourth-order valence-electron chi connectivity index (χ4n) is 2.10. The summed E-state index contributed by atoms with van der Waals surface area (Å²) in [4.78, 5) is 0.261. The van der Waals surface area contributed by atoms with Gasteiger partial charge in [-0.3, -0.25) is 9.40 Å². The molecule has 1 aromatic heterocycles. The van der Waals surface area contributed by atoms with Crippen molar-refractivity contribution in [2.45, 2.75) is 4.90 Å². The van der Waals surface area contributed by atoms with Crippen LogP contribution in [0.3, 0.4) is 0 Å². The molecule has 0 saturated heterocycles. The van der Waals surface area contributed by atoms with Crippen LogP contribution in [0.4, 0.5) is 5.82 Å². The van der Waals surface area contributed by atoms with Gasteiger partial charge in [0.2, 0.25) is 0 Å². The van der Waals surface area contributed by atoms with E-state index in [0.717, 1.165) is 5.39 Å². The van der Waals surface area contributed by atoms with Crippen LogP contribution >= 0.6 is 0 Å². The molecule has 2 aromatic carbocycles. The highest BCUT2D eigenvalue weighted by Crippen LogP contribution is 2.24. The Labute approximate surface area is 116 Å². The van der Waals surface area contributed by atoms with E-state index in [-0.39, 0.29) is 4.90 Å². The van der Waals surface area contributed by atoms with Gasteiger partial charge in [0.15, 0.2) is 0 Å². The lowest BCUT2D eigenvalue weighted by Crippen LogP contribution is -2.15. The predicted octanol–water partition coefficient (Wildman–Crippen LogP) is 2.37. The maximum atomic E-state index is 12.5. The molecule has 3 rings (SSSR count).